The maximum absolute atomic E-state index is 5.23. The number of nitrogens with zero attached hydrogens (tertiary/aromatic N) is 2. The monoisotopic (exact) mass is 232 g/mol. The predicted molar refractivity (Wildman–Crippen MR) is 69.9 cm³/mol. The van der Waals surface area contributed by atoms with Crippen molar-refractivity contribution < 1.29 is 4.74 Å². The Labute approximate surface area is 102 Å². The van der Waals surface area contributed by atoms with Crippen molar-refractivity contribution >= 4 is 11.0 Å². The van der Waals surface area contributed by atoms with Gasteiger partial charge in [-0.3, -0.25) is 0 Å². The van der Waals surface area contributed by atoms with Gasteiger partial charge in [-0.1, -0.05) is 32.4 Å². The molecule has 17 heavy (non-hydrogen) atoms. The van der Waals surface area contributed by atoms with Crippen LogP contribution >= 0.6 is 0 Å². The molecule has 0 unspecified atom stereocenters. The van der Waals surface area contributed by atoms with Gasteiger partial charge in [-0.15, -0.1) is 0 Å². The fourth-order valence-electron chi connectivity index (χ4n) is 2.01. The Balaban J connectivity index is 2.44. The summed E-state index contributed by atoms with van der Waals surface area (Å²) in [6.07, 6.45) is 1.18. The van der Waals surface area contributed by atoms with E-state index in [1.165, 1.54) is 11.9 Å². The zero-order valence-corrected chi connectivity index (χ0v) is 10.8. The van der Waals surface area contributed by atoms with Crippen molar-refractivity contribution in [1.82, 2.24) is 9.55 Å². The fourth-order valence-corrected chi connectivity index (χ4v) is 2.01. The molecule has 1 atom stereocenters. The smallest absolute Gasteiger partial charge is 0.135 e. The van der Waals surface area contributed by atoms with Crippen molar-refractivity contribution in [1.29, 1.82) is 0 Å². The third-order valence-electron chi connectivity index (χ3n) is 3.20. The molecular weight excluding hydrogens is 212 g/mol. The van der Waals surface area contributed by atoms with E-state index in [-0.39, 0.29) is 0 Å². The molecule has 1 heterocycles. The van der Waals surface area contributed by atoms with Crippen molar-refractivity contribution in [2.45, 2.75) is 33.4 Å². The summed E-state index contributed by atoms with van der Waals surface area (Å²) in [6.45, 7) is 6.08. The maximum atomic E-state index is 5.23. The predicted octanol–water partition coefficient (Wildman–Crippen LogP) is 3.23. The number of aromatic nitrogens is 2. The normalized spacial score (nSPS) is 13.1. The summed E-state index contributed by atoms with van der Waals surface area (Å²) in [5, 5.41) is 0. The van der Waals surface area contributed by atoms with Crippen LogP contribution in [0.4, 0.5) is 0 Å². The number of hydrogen-bond acceptors (Lipinski definition) is 2. The number of ether oxygens (including phenoxy) is 1. The highest BCUT2D eigenvalue weighted by Gasteiger charge is 2.11. The molecule has 92 valence electrons. The molecule has 0 bridgehead atoms. The number of para-hydroxylation sites is 2. The molecule has 3 heteroatoms. The molecule has 3 nitrogen and oxygen atoms in total. The molecule has 0 fully saturated rings. The summed E-state index contributed by atoms with van der Waals surface area (Å²) in [6, 6.07) is 8.28. The lowest BCUT2D eigenvalue weighted by molar-refractivity contribution is 0.173. The van der Waals surface area contributed by atoms with Crippen molar-refractivity contribution in [3.05, 3.63) is 30.1 Å². The van der Waals surface area contributed by atoms with E-state index < -0.39 is 0 Å². The van der Waals surface area contributed by atoms with Crippen LogP contribution in [0.1, 0.15) is 26.1 Å². The second-order valence-electron chi connectivity index (χ2n) is 4.57. The lowest BCUT2D eigenvalue weighted by atomic mass is 10.1. The maximum Gasteiger partial charge on any atom is 0.135 e. The highest BCUT2D eigenvalue weighted by Crippen LogP contribution is 2.19. The Hall–Kier alpha value is -1.35. The number of hydrogen-bond donors (Lipinski definition) is 0. The molecule has 1 aromatic heterocycles. The van der Waals surface area contributed by atoms with Gasteiger partial charge in [0, 0.05) is 13.7 Å². The first kappa shape index (κ1) is 12.1. The second-order valence-corrected chi connectivity index (χ2v) is 4.57. The van der Waals surface area contributed by atoms with E-state index >= 15 is 0 Å². The molecule has 2 aromatic rings. The van der Waals surface area contributed by atoms with E-state index in [2.05, 4.69) is 41.6 Å². The average molecular weight is 232 g/mol. The molecule has 0 aliphatic rings. The van der Waals surface area contributed by atoms with Gasteiger partial charge in [0.05, 0.1) is 11.0 Å². The average Bonchev–Trinajstić information content (AvgIpc) is 2.68. The van der Waals surface area contributed by atoms with Crippen LogP contribution in [0.15, 0.2) is 24.3 Å². The summed E-state index contributed by atoms with van der Waals surface area (Å²) in [4.78, 5) is 4.63. The van der Waals surface area contributed by atoms with E-state index in [1.807, 2.05) is 6.07 Å². The topological polar surface area (TPSA) is 27.1 Å². The zero-order chi connectivity index (χ0) is 12.3. The van der Waals surface area contributed by atoms with Crippen LogP contribution < -0.4 is 0 Å². The lowest BCUT2D eigenvalue weighted by Crippen LogP contribution is -2.10. The van der Waals surface area contributed by atoms with Gasteiger partial charge in [-0.05, 0) is 18.1 Å². The van der Waals surface area contributed by atoms with E-state index in [0.717, 1.165) is 17.9 Å². The molecule has 0 saturated carbocycles. The minimum absolute atomic E-state index is 0.575. The molecular formula is C14H20N2O. The van der Waals surface area contributed by atoms with Crippen LogP contribution in [-0.2, 0) is 17.9 Å². The Bertz CT molecular complexity index is 490. The van der Waals surface area contributed by atoms with Crippen LogP contribution in [0.5, 0.6) is 0 Å². The van der Waals surface area contributed by atoms with Gasteiger partial charge in [0.25, 0.3) is 0 Å². The molecule has 0 saturated heterocycles. The van der Waals surface area contributed by atoms with Crippen LogP contribution in [0, 0.1) is 5.92 Å². The van der Waals surface area contributed by atoms with Gasteiger partial charge < -0.3 is 9.30 Å². The highest BCUT2D eigenvalue weighted by atomic mass is 16.5. The van der Waals surface area contributed by atoms with Crippen LogP contribution in [0.25, 0.3) is 11.0 Å². The van der Waals surface area contributed by atoms with E-state index in [0.29, 0.717) is 12.5 Å². The number of methoxy groups -OCH3 is 1. The Morgan fingerprint density at radius 1 is 1.35 bits per heavy atom. The number of benzene rings is 1. The Morgan fingerprint density at radius 2 is 2.12 bits per heavy atom. The quantitative estimate of drug-likeness (QED) is 0.791. The van der Waals surface area contributed by atoms with Gasteiger partial charge >= 0.3 is 0 Å². The third-order valence-corrected chi connectivity index (χ3v) is 3.20. The standard InChI is InChI=1S/C14H20N2O/c1-4-11(2)9-16-13-8-6-5-7-12(13)15-14(16)10-17-3/h5-8,11H,4,9-10H2,1-3H3/t11-/m0/s1. The van der Waals surface area contributed by atoms with Gasteiger partial charge in [-0.25, -0.2) is 4.98 Å². The lowest BCUT2D eigenvalue weighted by Gasteiger charge is -2.13. The summed E-state index contributed by atoms with van der Waals surface area (Å²) in [5.74, 6) is 1.68. The van der Waals surface area contributed by atoms with Gasteiger partial charge in [0.1, 0.15) is 12.4 Å². The van der Waals surface area contributed by atoms with E-state index in [9.17, 15) is 0 Å². The van der Waals surface area contributed by atoms with Crippen LogP contribution in [-0.4, -0.2) is 16.7 Å². The van der Waals surface area contributed by atoms with Crippen molar-refractivity contribution in [3.63, 3.8) is 0 Å². The first-order chi connectivity index (χ1) is 8.26. The fraction of sp³-hybridized carbons (Fsp3) is 0.500. The summed E-state index contributed by atoms with van der Waals surface area (Å²) in [5.41, 5.74) is 2.27. The minimum atomic E-state index is 0.575. The number of imidazole rings is 1. The summed E-state index contributed by atoms with van der Waals surface area (Å²) >= 11 is 0. The minimum Gasteiger partial charge on any atom is -0.377 e. The largest absolute Gasteiger partial charge is 0.377 e. The molecule has 0 N–H and O–H groups in total. The first-order valence-corrected chi connectivity index (χ1v) is 6.19. The number of rotatable bonds is 5. The molecule has 0 aliphatic carbocycles. The molecule has 2 rings (SSSR count). The molecule has 0 radical (unpaired) electrons. The van der Waals surface area contributed by atoms with Crippen LogP contribution in [0.2, 0.25) is 0 Å². The molecule has 1 aromatic carbocycles. The first-order valence-electron chi connectivity index (χ1n) is 6.19. The van der Waals surface area contributed by atoms with Gasteiger partial charge in [-0.2, -0.15) is 0 Å². The van der Waals surface area contributed by atoms with E-state index in [1.54, 1.807) is 7.11 Å². The van der Waals surface area contributed by atoms with Gasteiger partial charge in [0.2, 0.25) is 0 Å². The Morgan fingerprint density at radius 3 is 2.82 bits per heavy atom. The van der Waals surface area contributed by atoms with E-state index in [4.69, 9.17) is 4.74 Å². The summed E-state index contributed by atoms with van der Waals surface area (Å²) < 4.78 is 7.51. The molecule has 0 amide bonds. The van der Waals surface area contributed by atoms with Crippen molar-refractivity contribution in [3.8, 4) is 0 Å². The molecule has 0 spiro atoms. The summed E-state index contributed by atoms with van der Waals surface area (Å²) in [7, 11) is 1.72. The second kappa shape index (κ2) is 5.32. The van der Waals surface area contributed by atoms with Crippen molar-refractivity contribution in [2.75, 3.05) is 7.11 Å². The zero-order valence-electron chi connectivity index (χ0n) is 10.8. The molecule has 0 aliphatic heterocycles. The third kappa shape index (κ3) is 2.50. The Kier molecular flexibility index (Phi) is 3.79. The highest BCUT2D eigenvalue weighted by molar-refractivity contribution is 5.75. The van der Waals surface area contributed by atoms with Crippen LogP contribution in [0.3, 0.4) is 0 Å². The van der Waals surface area contributed by atoms with Gasteiger partial charge in [0.15, 0.2) is 0 Å². The van der Waals surface area contributed by atoms with Crippen molar-refractivity contribution in [2.24, 2.45) is 5.92 Å². The SMILES string of the molecule is CC[C@H](C)Cn1c(COC)nc2ccccc21. The number of fused-ring (bicyclic) bond motifs is 1.